The van der Waals surface area contributed by atoms with Crippen LogP contribution < -0.4 is 5.32 Å². The fraction of sp³-hybridized carbons (Fsp3) is 0.750. The lowest BCUT2D eigenvalue weighted by atomic mass is 10.3. The molecule has 0 spiro atoms. The number of hydrogen-bond acceptors (Lipinski definition) is 4. The Balaban J connectivity index is 2.32. The van der Waals surface area contributed by atoms with Gasteiger partial charge in [0.15, 0.2) is 5.76 Å². The summed E-state index contributed by atoms with van der Waals surface area (Å²) < 4.78 is 41.3. The Morgan fingerprint density at radius 3 is 2.79 bits per heavy atom. The van der Waals surface area contributed by atoms with E-state index in [9.17, 15) is 13.2 Å². The van der Waals surface area contributed by atoms with Crippen molar-refractivity contribution in [2.24, 2.45) is 0 Å². The lowest BCUT2D eigenvalue weighted by Gasteiger charge is -2.15. The highest BCUT2D eigenvalue weighted by molar-refractivity contribution is 5.04. The Morgan fingerprint density at radius 2 is 2.16 bits per heavy atom. The second kappa shape index (κ2) is 7.49. The van der Waals surface area contributed by atoms with E-state index in [1.807, 2.05) is 0 Å². The Kier molecular flexibility index (Phi) is 6.30. The van der Waals surface area contributed by atoms with Crippen LogP contribution in [0.3, 0.4) is 0 Å². The van der Waals surface area contributed by atoms with Crippen LogP contribution in [0.2, 0.25) is 0 Å². The molecule has 1 aromatic rings. The van der Waals surface area contributed by atoms with Crippen molar-refractivity contribution in [1.29, 1.82) is 0 Å². The van der Waals surface area contributed by atoms with E-state index in [1.165, 1.54) is 0 Å². The third-order valence-electron chi connectivity index (χ3n) is 2.54. The van der Waals surface area contributed by atoms with E-state index in [4.69, 9.17) is 4.52 Å². The van der Waals surface area contributed by atoms with Crippen molar-refractivity contribution in [3.63, 3.8) is 0 Å². The van der Waals surface area contributed by atoms with E-state index >= 15 is 0 Å². The van der Waals surface area contributed by atoms with Gasteiger partial charge >= 0.3 is 6.18 Å². The molecule has 110 valence electrons. The third-order valence-corrected chi connectivity index (χ3v) is 2.54. The van der Waals surface area contributed by atoms with E-state index in [0.717, 1.165) is 18.7 Å². The summed E-state index contributed by atoms with van der Waals surface area (Å²) in [7, 11) is 1.63. The zero-order chi connectivity index (χ0) is 14.3. The smallest absolute Gasteiger partial charge is 0.360 e. The van der Waals surface area contributed by atoms with Crippen LogP contribution in [0.1, 0.15) is 31.2 Å². The first kappa shape index (κ1) is 16.0. The monoisotopic (exact) mass is 279 g/mol. The molecule has 0 amide bonds. The van der Waals surface area contributed by atoms with E-state index < -0.39 is 12.6 Å². The van der Waals surface area contributed by atoms with Gasteiger partial charge < -0.3 is 9.84 Å². The molecule has 1 rings (SSSR count). The lowest BCUT2D eigenvalue weighted by Crippen LogP contribution is -2.23. The minimum atomic E-state index is -4.12. The summed E-state index contributed by atoms with van der Waals surface area (Å²) in [5.41, 5.74) is 0.771. The molecule has 0 bridgehead atoms. The largest absolute Gasteiger partial charge is 0.390 e. The Hall–Kier alpha value is -1.08. The zero-order valence-electron chi connectivity index (χ0n) is 11.3. The molecule has 0 aliphatic carbocycles. The van der Waals surface area contributed by atoms with Crippen molar-refractivity contribution in [3.8, 4) is 0 Å². The Labute approximate surface area is 110 Å². The average Bonchev–Trinajstić information content (AvgIpc) is 2.74. The highest BCUT2D eigenvalue weighted by Gasteiger charge is 2.27. The quantitative estimate of drug-likeness (QED) is 0.743. The van der Waals surface area contributed by atoms with Gasteiger partial charge in [0.2, 0.25) is 0 Å². The second-order valence-electron chi connectivity index (χ2n) is 4.56. The molecule has 0 fully saturated rings. The van der Waals surface area contributed by atoms with Gasteiger partial charge in [-0.05, 0) is 20.0 Å². The number of hydrogen-bond donors (Lipinski definition) is 1. The summed E-state index contributed by atoms with van der Waals surface area (Å²) in [6.07, 6.45) is -3.90. The Morgan fingerprint density at radius 1 is 1.42 bits per heavy atom. The summed E-state index contributed by atoms with van der Waals surface area (Å²) >= 11 is 0. The molecule has 7 heteroatoms. The van der Waals surface area contributed by atoms with Crippen LogP contribution >= 0.6 is 0 Å². The predicted octanol–water partition coefficient (Wildman–Crippen LogP) is 2.56. The summed E-state index contributed by atoms with van der Waals surface area (Å²) in [6, 6.07) is 1.77. The molecule has 0 saturated carbocycles. The maximum absolute atomic E-state index is 12.1. The second-order valence-corrected chi connectivity index (χ2v) is 4.56. The minimum Gasteiger partial charge on any atom is -0.360 e. The van der Waals surface area contributed by atoms with Crippen molar-refractivity contribution in [1.82, 2.24) is 15.4 Å². The van der Waals surface area contributed by atoms with Crippen molar-refractivity contribution in [2.45, 2.75) is 39.0 Å². The molecule has 1 aromatic heterocycles. The van der Waals surface area contributed by atoms with Crippen LogP contribution in [0.25, 0.3) is 0 Å². The van der Waals surface area contributed by atoms with Gasteiger partial charge in [0.05, 0.1) is 18.7 Å². The standard InChI is InChI=1S/C12H20F3N3O/c1-3-5-16-8-10-7-11(19-17-10)9-18(2)6-4-12(13,14)15/h7,16H,3-6,8-9H2,1-2H3. The topological polar surface area (TPSA) is 41.3 Å². The van der Waals surface area contributed by atoms with E-state index in [1.54, 1.807) is 18.0 Å². The normalized spacial score (nSPS) is 12.3. The number of nitrogens with zero attached hydrogens (tertiary/aromatic N) is 2. The first-order valence-electron chi connectivity index (χ1n) is 6.31. The molecule has 1 N–H and O–H groups in total. The summed E-state index contributed by atoms with van der Waals surface area (Å²) in [5.74, 6) is 0.581. The van der Waals surface area contributed by atoms with Crippen LogP contribution in [0, 0.1) is 0 Å². The number of alkyl halides is 3. The summed E-state index contributed by atoms with van der Waals surface area (Å²) in [6.45, 7) is 3.86. The minimum absolute atomic E-state index is 0.0480. The average molecular weight is 279 g/mol. The fourth-order valence-electron chi connectivity index (χ4n) is 1.57. The summed E-state index contributed by atoms with van der Waals surface area (Å²) in [5, 5.41) is 7.04. The maximum atomic E-state index is 12.1. The van der Waals surface area contributed by atoms with Crippen LogP contribution in [-0.4, -0.2) is 36.4 Å². The molecule has 0 aliphatic rings. The van der Waals surface area contributed by atoms with Gasteiger partial charge in [-0.25, -0.2) is 0 Å². The van der Waals surface area contributed by atoms with Crippen molar-refractivity contribution >= 4 is 0 Å². The molecular weight excluding hydrogens is 259 g/mol. The van der Waals surface area contributed by atoms with Crippen molar-refractivity contribution < 1.29 is 17.7 Å². The summed E-state index contributed by atoms with van der Waals surface area (Å²) in [4.78, 5) is 1.57. The third kappa shape index (κ3) is 7.17. The maximum Gasteiger partial charge on any atom is 0.390 e. The van der Waals surface area contributed by atoms with Gasteiger partial charge in [-0.2, -0.15) is 13.2 Å². The fourth-order valence-corrected chi connectivity index (χ4v) is 1.57. The molecular formula is C12H20F3N3O. The van der Waals surface area contributed by atoms with Gasteiger partial charge in [0.25, 0.3) is 0 Å². The molecule has 0 radical (unpaired) electrons. The molecule has 0 aromatic carbocycles. The predicted molar refractivity (Wildman–Crippen MR) is 65.5 cm³/mol. The molecule has 1 heterocycles. The number of halogens is 3. The van der Waals surface area contributed by atoms with Crippen LogP contribution in [0.4, 0.5) is 13.2 Å². The number of aromatic nitrogens is 1. The molecule has 0 atom stereocenters. The Bertz CT molecular complexity index is 365. The first-order valence-corrected chi connectivity index (χ1v) is 6.31. The van der Waals surface area contributed by atoms with Crippen molar-refractivity contribution in [3.05, 3.63) is 17.5 Å². The van der Waals surface area contributed by atoms with Crippen LogP contribution in [0.5, 0.6) is 0 Å². The zero-order valence-corrected chi connectivity index (χ0v) is 11.3. The van der Waals surface area contributed by atoms with E-state index in [0.29, 0.717) is 18.8 Å². The van der Waals surface area contributed by atoms with Gasteiger partial charge in [-0.3, -0.25) is 4.90 Å². The molecule has 0 aliphatic heterocycles. The lowest BCUT2D eigenvalue weighted by molar-refractivity contribution is -0.137. The van der Waals surface area contributed by atoms with Crippen LogP contribution in [0.15, 0.2) is 10.6 Å². The van der Waals surface area contributed by atoms with Gasteiger partial charge in [-0.15, -0.1) is 0 Å². The SMILES string of the molecule is CCCNCc1cc(CN(C)CCC(F)(F)F)on1. The van der Waals surface area contributed by atoms with Gasteiger partial charge in [0.1, 0.15) is 0 Å². The number of nitrogens with one attached hydrogen (secondary N) is 1. The van der Waals surface area contributed by atoms with Crippen LogP contribution in [-0.2, 0) is 13.1 Å². The first-order chi connectivity index (χ1) is 8.90. The highest BCUT2D eigenvalue weighted by Crippen LogP contribution is 2.19. The van der Waals surface area contributed by atoms with E-state index in [-0.39, 0.29) is 6.54 Å². The van der Waals surface area contributed by atoms with Gasteiger partial charge in [-0.1, -0.05) is 12.1 Å². The molecule has 19 heavy (non-hydrogen) atoms. The molecule has 0 unspecified atom stereocenters. The molecule has 0 saturated heterocycles. The van der Waals surface area contributed by atoms with Crippen molar-refractivity contribution in [2.75, 3.05) is 20.1 Å². The van der Waals surface area contributed by atoms with Gasteiger partial charge in [0, 0.05) is 19.2 Å². The molecule has 4 nitrogen and oxygen atoms in total. The number of rotatable bonds is 8. The highest BCUT2D eigenvalue weighted by atomic mass is 19.4. The van der Waals surface area contributed by atoms with E-state index in [2.05, 4.69) is 17.4 Å².